The van der Waals surface area contributed by atoms with Gasteiger partial charge in [0.1, 0.15) is 28.2 Å². The number of rotatable bonds is 5. The lowest BCUT2D eigenvalue weighted by Gasteiger charge is -2.12. The number of phenolic OH excluding ortho intramolecular Hbond substituents is 3. The minimum atomic E-state index is -0.469. The van der Waals surface area contributed by atoms with Crippen molar-refractivity contribution in [2.45, 2.75) is 20.3 Å². The summed E-state index contributed by atoms with van der Waals surface area (Å²) < 4.78 is 16.0. The number of ether oxygens (including phenoxy) is 2. The second kappa shape index (κ2) is 7.79. The molecule has 0 unspecified atom stereocenters. The van der Waals surface area contributed by atoms with Crippen LogP contribution in [0, 0.1) is 0 Å². The molecule has 0 radical (unpaired) electrons. The number of phenols is 3. The Morgan fingerprint density at radius 3 is 2.17 bits per heavy atom. The van der Waals surface area contributed by atoms with Gasteiger partial charge in [0.25, 0.3) is 0 Å². The summed E-state index contributed by atoms with van der Waals surface area (Å²) in [7, 11) is 2.78. The first-order valence-electron chi connectivity index (χ1n) is 8.87. The zero-order valence-corrected chi connectivity index (χ0v) is 16.6. The summed E-state index contributed by atoms with van der Waals surface area (Å²) in [6.07, 6.45) is 2.12. The summed E-state index contributed by atoms with van der Waals surface area (Å²) in [5.74, 6) is -0.210. The average molecular weight is 398 g/mol. The van der Waals surface area contributed by atoms with Crippen molar-refractivity contribution in [3.05, 3.63) is 51.7 Å². The number of hydrogen-bond donors (Lipinski definition) is 3. The normalized spacial score (nSPS) is 10.8. The lowest BCUT2D eigenvalue weighted by Crippen LogP contribution is -2.03. The van der Waals surface area contributed by atoms with E-state index in [1.165, 1.54) is 38.5 Å². The highest BCUT2D eigenvalue weighted by Crippen LogP contribution is 2.41. The largest absolute Gasteiger partial charge is 0.507 e. The van der Waals surface area contributed by atoms with Gasteiger partial charge in [0.05, 0.1) is 14.2 Å². The zero-order chi connectivity index (χ0) is 21.3. The molecule has 0 aliphatic heterocycles. The van der Waals surface area contributed by atoms with Crippen LogP contribution in [0.4, 0.5) is 0 Å². The number of allylic oxidation sites excluding steroid dienone is 2. The smallest absolute Gasteiger partial charge is 0.200 e. The van der Waals surface area contributed by atoms with Crippen molar-refractivity contribution >= 4 is 11.0 Å². The molecule has 0 aliphatic carbocycles. The van der Waals surface area contributed by atoms with Crippen LogP contribution in [0.2, 0.25) is 0 Å². The van der Waals surface area contributed by atoms with Crippen LogP contribution in [0.25, 0.3) is 22.3 Å². The van der Waals surface area contributed by atoms with Crippen LogP contribution < -0.4 is 14.9 Å². The third kappa shape index (κ3) is 3.71. The average Bonchev–Trinajstić information content (AvgIpc) is 2.67. The first-order chi connectivity index (χ1) is 13.8. The van der Waals surface area contributed by atoms with Crippen molar-refractivity contribution in [1.82, 2.24) is 0 Å². The molecule has 0 saturated carbocycles. The molecule has 2 aromatic carbocycles. The van der Waals surface area contributed by atoms with Crippen molar-refractivity contribution in [1.29, 1.82) is 0 Å². The predicted octanol–water partition coefficient (Wildman–Crippen LogP) is 4.10. The van der Waals surface area contributed by atoms with E-state index in [1.54, 1.807) is 0 Å². The highest BCUT2D eigenvalue weighted by molar-refractivity contribution is 5.88. The molecular formula is C22H22O7. The Kier molecular flexibility index (Phi) is 5.41. The molecule has 7 nitrogen and oxygen atoms in total. The van der Waals surface area contributed by atoms with Gasteiger partial charge in [-0.25, -0.2) is 0 Å². The van der Waals surface area contributed by atoms with Crippen LogP contribution in [0.5, 0.6) is 28.7 Å². The van der Waals surface area contributed by atoms with E-state index in [1.807, 2.05) is 19.9 Å². The molecule has 0 spiro atoms. The zero-order valence-electron chi connectivity index (χ0n) is 16.6. The lowest BCUT2D eigenvalue weighted by atomic mass is 10.0. The Hall–Kier alpha value is -3.61. The Bertz CT molecular complexity index is 1140. The van der Waals surface area contributed by atoms with Gasteiger partial charge in [-0.05, 0) is 32.4 Å². The van der Waals surface area contributed by atoms with Crippen LogP contribution in [-0.4, -0.2) is 29.5 Å². The Balaban J connectivity index is 2.23. The van der Waals surface area contributed by atoms with Crippen LogP contribution in [0.3, 0.4) is 0 Å². The summed E-state index contributed by atoms with van der Waals surface area (Å²) >= 11 is 0. The predicted molar refractivity (Wildman–Crippen MR) is 109 cm³/mol. The van der Waals surface area contributed by atoms with E-state index in [0.29, 0.717) is 5.56 Å². The number of fused-ring (bicyclic) bond motifs is 1. The molecule has 0 aliphatic rings. The second-order valence-electron chi connectivity index (χ2n) is 6.79. The molecule has 1 aromatic heterocycles. The molecule has 3 aromatic rings. The Morgan fingerprint density at radius 2 is 1.62 bits per heavy atom. The van der Waals surface area contributed by atoms with E-state index >= 15 is 0 Å². The van der Waals surface area contributed by atoms with Crippen LogP contribution in [0.1, 0.15) is 19.4 Å². The third-order valence-corrected chi connectivity index (χ3v) is 4.55. The topological polar surface area (TPSA) is 109 Å². The van der Waals surface area contributed by atoms with Crippen LogP contribution >= 0.6 is 0 Å². The first kappa shape index (κ1) is 20.1. The van der Waals surface area contributed by atoms with Crippen LogP contribution in [0.15, 0.2) is 45.1 Å². The molecule has 0 fully saturated rings. The molecule has 29 heavy (non-hydrogen) atoms. The van der Waals surface area contributed by atoms with Crippen molar-refractivity contribution < 1.29 is 29.2 Å². The monoisotopic (exact) mass is 398 g/mol. The fourth-order valence-electron chi connectivity index (χ4n) is 3.02. The maximum absolute atomic E-state index is 12.7. The van der Waals surface area contributed by atoms with Gasteiger partial charge in [-0.1, -0.05) is 11.6 Å². The minimum Gasteiger partial charge on any atom is -0.507 e. The molecule has 1 heterocycles. The van der Waals surface area contributed by atoms with Gasteiger partial charge in [-0.15, -0.1) is 0 Å². The molecule has 0 saturated heterocycles. The van der Waals surface area contributed by atoms with Crippen molar-refractivity contribution in [3.63, 3.8) is 0 Å². The Morgan fingerprint density at radius 1 is 1.00 bits per heavy atom. The summed E-state index contributed by atoms with van der Waals surface area (Å²) in [5, 5.41) is 30.9. The lowest BCUT2D eigenvalue weighted by molar-refractivity contribution is 0.340. The van der Waals surface area contributed by atoms with E-state index in [-0.39, 0.29) is 57.5 Å². The van der Waals surface area contributed by atoms with Crippen molar-refractivity contribution in [2.75, 3.05) is 14.2 Å². The maximum atomic E-state index is 12.7. The van der Waals surface area contributed by atoms with Crippen molar-refractivity contribution in [2.24, 2.45) is 0 Å². The molecule has 0 atom stereocenters. The summed E-state index contributed by atoms with van der Waals surface area (Å²) in [4.78, 5) is 12.7. The quantitative estimate of drug-likeness (QED) is 0.555. The van der Waals surface area contributed by atoms with E-state index in [0.717, 1.165) is 5.57 Å². The van der Waals surface area contributed by atoms with Gasteiger partial charge < -0.3 is 29.2 Å². The van der Waals surface area contributed by atoms with Gasteiger partial charge in [0.2, 0.25) is 5.75 Å². The molecule has 0 amide bonds. The number of hydrogen-bond acceptors (Lipinski definition) is 7. The molecule has 3 N–H and O–H groups in total. The fraction of sp³-hybridized carbons (Fsp3) is 0.227. The van der Waals surface area contributed by atoms with E-state index in [9.17, 15) is 20.1 Å². The van der Waals surface area contributed by atoms with Gasteiger partial charge in [0, 0.05) is 23.3 Å². The summed E-state index contributed by atoms with van der Waals surface area (Å²) in [6, 6.07) is 5.52. The molecular weight excluding hydrogens is 376 g/mol. The van der Waals surface area contributed by atoms with Crippen molar-refractivity contribution in [3.8, 4) is 40.1 Å². The molecule has 152 valence electrons. The maximum Gasteiger partial charge on any atom is 0.200 e. The van der Waals surface area contributed by atoms with Gasteiger partial charge in [-0.3, -0.25) is 4.79 Å². The SMILES string of the molecule is COc1cc(-c2cc(=O)c3c(O)c(CC=C(C)C)c(O)cc3o2)cc(OC)c1O. The van der Waals surface area contributed by atoms with Crippen LogP contribution in [-0.2, 0) is 6.42 Å². The van der Waals surface area contributed by atoms with Gasteiger partial charge in [0.15, 0.2) is 16.9 Å². The third-order valence-electron chi connectivity index (χ3n) is 4.55. The standard InChI is InChI=1S/C22H22O7/c1-11(2)5-6-13-14(23)9-17-20(21(13)25)15(24)10-16(29-17)12-7-18(27-3)22(26)19(8-12)28-4/h5,7-10,23,25-26H,6H2,1-4H3. The number of methoxy groups -OCH3 is 2. The van der Waals surface area contributed by atoms with E-state index in [2.05, 4.69) is 0 Å². The Labute approximate surface area is 167 Å². The fourth-order valence-corrected chi connectivity index (χ4v) is 3.02. The highest BCUT2D eigenvalue weighted by Gasteiger charge is 2.19. The van der Waals surface area contributed by atoms with E-state index in [4.69, 9.17) is 13.9 Å². The first-order valence-corrected chi connectivity index (χ1v) is 8.87. The summed E-state index contributed by atoms with van der Waals surface area (Å²) in [5.41, 5.74) is 1.26. The summed E-state index contributed by atoms with van der Waals surface area (Å²) in [6.45, 7) is 3.80. The highest BCUT2D eigenvalue weighted by atomic mass is 16.5. The van der Waals surface area contributed by atoms with E-state index < -0.39 is 5.43 Å². The minimum absolute atomic E-state index is 0.0126. The molecule has 0 bridgehead atoms. The van der Waals surface area contributed by atoms with Gasteiger partial charge in [-0.2, -0.15) is 0 Å². The molecule has 3 rings (SSSR count). The number of benzene rings is 2. The number of aromatic hydroxyl groups is 3. The van der Waals surface area contributed by atoms with Gasteiger partial charge >= 0.3 is 0 Å². The molecule has 7 heteroatoms. The second-order valence-corrected chi connectivity index (χ2v) is 6.79.